The second-order valence-electron chi connectivity index (χ2n) is 4.71. The number of carbonyl (C=O) groups is 1. The molecule has 6 nitrogen and oxygen atoms in total. The first-order valence-electron chi connectivity index (χ1n) is 6.05. The van der Waals surface area contributed by atoms with Crippen molar-refractivity contribution < 1.29 is 9.90 Å². The highest BCUT2D eigenvalue weighted by molar-refractivity contribution is 7.17. The van der Waals surface area contributed by atoms with Crippen LogP contribution in [0, 0.1) is 5.92 Å². The first-order chi connectivity index (χ1) is 9.13. The molecule has 1 fully saturated rings. The van der Waals surface area contributed by atoms with Gasteiger partial charge in [-0.15, -0.1) is 11.3 Å². The molecule has 1 unspecified atom stereocenters. The molecule has 2 aromatic rings. The summed E-state index contributed by atoms with van der Waals surface area (Å²) in [5.74, 6) is -0.462. The monoisotopic (exact) mass is 279 g/mol. The fourth-order valence-corrected chi connectivity index (χ4v) is 3.11. The van der Waals surface area contributed by atoms with E-state index >= 15 is 0 Å². The lowest BCUT2D eigenvalue weighted by atomic mass is 10.1. The minimum atomic E-state index is -0.753. The number of fused-ring (bicyclic) bond motifs is 1. The Morgan fingerprint density at radius 1 is 1.63 bits per heavy atom. The number of thiophene rings is 1. The van der Waals surface area contributed by atoms with Gasteiger partial charge in [0.05, 0.1) is 18.0 Å². The number of hydrogen-bond donors (Lipinski definition) is 2. The minimum Gasteiger partial charge on any atom is -0.481 e. The van der Waals surface area contributed by atoms with Crippen LogP contribution in [0.2, 0.25) is 0 Å². The summed E-state index contributed by atoms with van der Waals surface area (Å²) < 4.78 is 0.633. The fraction of sp³-hybridized carbons (Fsp3) is 0.417. The molecule has 1 aliphatic heterocycles. The highest BCUT2D eigenvalue weighted by Gasteiger charge is 2.28. The van der Waals surface area contributed by atoms with Gasteiger partial charge in [-0.3, -0.25) is 14.5 Å². The standard InChI is InChI=1S/C12H13N3O3S/c16-11-10-8(2-4-19-10)13-9(14-11)6-15-3-1-7(5-15)12(17)18/h2,4,7H,1,3,5-6H2,(H,17,18)(H,13,14,16). The zero-order chi connectivity index (χ0) is 13.4. The molecule has 0 spiro atoms. The highest BCUT2D eigenvalue weighted by atomic mass is 32.1. The van der Waals surface area contributed by atoms with E-state index in [0.717, 1.165) is 6.54 Å². The van der Waals surface area contributed by atoms with Crippen LogP contribution in [0.3, 0.4) is 0 Å². The van der Waals surface area contributed by atoms with Gasteiger partial charge in [0.15, 0.2) is 0 Å². The number of nitrogens with zero attached hydrogens (tertiary/aromatic N) is 2. The maximum atomic E-state index is 11.8. The Morgan fingerprint density at radius 3 is 3.21 bits per heavy atom. The average Bonchev–Trinajstić information content (AvgIpc) is 2.97. The lowest BCUT2D eigenvalue weighted by Gasteiger charge is -2.14. The molecular weight excluding hydrogens is 266 g/mol. The SMILES string of the molecule is O=C(O)C1CCN(Cc2nc3ccsc3c(=O)[nH]2)C1. The highest BCUT2D eigenvalue weighted by Crippen LogP contribution is 2.19. The van der Waals surface area contributed by atoms with Crippen molar-refractivity contribution >= 4 is 27.5 Å². The van der Waals surface area contributed by atoms with E-state index in [2.05, 4.69) is 9.97 Å². The quantitative estimate of drug-likeness (QED) is 0.871. The normalized spacial score (nSPS) is 20.1. The van der Waals surface area contributed by atoms with E-state index in [1.165, 1.54) is 11.3 Å². The van der Waals surface area contributed by atoms with Crippen LogP contribution in [0.15, 0.2) is 16.2 Å². The fourth-order valence-electron chi connectivity index (χ4n) is 2.39. The van der Waals surface area contributed by atoms with E-state index in [1.807, 2.05) is 16.3 Å². The van der Waals surface area contributed by atoms with E-state index in [9.17, 15) is 9.59 Å². The number of H-pyrrole nitrogens is 1. The summed E-state index contributed by atoms with van der Waals surface area (Å²) in [4.78, 5) is 31.9. The first-order valence-corrected chi connectivity index (χ1v) is 6.93. The molecule has 2 aromatic heterocycles. The van der Waals surface area contributed by atoms with Crippen LogP contribution in [0.25, 0.3) is 10.2 Å². The van der Waals surface area contributed by atoms with Crippen LogP contribution in [-0.2, 0) is 11.3 Å². The first kappa shape index (κ1) is 12.3. The predicted octanol–water partition coefficient (Wildman–Crippen LogP) is 0.891. The van der Waals surface area contributed by atoms with E-state index in [1.54, 1.807) is 0 Å². The molecule has 0 aromatic carbocycles. The Balaban J connectivity index is 1.79. The van der Waals surface area contributed by atoms with Gasteiger partial charge < -0.3 is 10.1 Å². The van der Waals surface area contributed by atoms with Gasteiger partial charge in [-0.2, -0.15) is 0 Å². The van der Waals surface area contributed by atoms with Crippen molar-refractivity contribution in [2.45, 2.75) is 13.0 Å². The molecule has 0 bridgehead atoms. The molecule has 0 radical (unpaired) electrons. The van der Waals surface area contributed by atoms with Gasteiger partial charge in [-0.05, 0) is 24.4 Å². The minimum absolute atomic E-state index is 0.121. The number of aliphatic carboxylic acids is 1. The summed E-state index contributed by atoms with van der Waals surface area (Å²) in [7, 11) is 0. The molecule has 3 rings (SSSR count). The van der Waals surface area contributed by atoms with E-state index in [4.69, 9.17) is 5.11 Å². The summed E-state index contributed by atoms with van der Waals surface area (Å²) in [6.07, 6.45) is 0.653. The molecule has 0 amide bonds. The number of hydrogen-bond acceptors (Lipinski definition) is 5. The molecule has 2 N–H and O–H groups in total. The molecule has 19 heavy (non-hydrogen) atoms. The Hall–Kier alpha value is -1.73. The van der Waals surface area contributed by atoms with Gasteiger partial charge in [0, 0.05) is 6.54 Å². The van der Waals surface area contributed by atoms with E-state index in [0.29, 0.717) is 35.6 Å². The zero-order valence-electron chi connectivity index (χ0n) is 10.1. The van der Waals surface area contributed by atoms with Crippen LogP contribution in [0.5, 0.6) is 0 Å². The summed E-state index contributed by atoms with van der Waals surface area (Å²) >= 11 is 1.37. The molecule has 1 aliphatic rings. The zero-order valence-corrected chi connectivity index (χ0v) is 10.9. The molecule has 0 aliphatic carbocycles. The maximum Gasteiger partial charge on any atom is 0.307 e. The van der Waals surface area contributed by atoms with Gasteiger partial charge in [0.1, 0.15) is 10.5 Å². The van der Waals surface area contributed by atoms with Gasteiger partial charge in [0.25, 0.3) is 5.56 Å². The number of carboxylic acid groups (broad SMARTS) is 1. The molecule has 7 heteroatoms. The summed E-state index contributed by atoms with van der Waals surface area (Å²) in [6, 6.07) is 1.82. The third-order valence-electron chi connectivity index (χ3n) is 3.36. The van der Waals surface area contributed by atoms with Crippen molar-refractivity contribution in [3.8, 4) is 0 Å². The van der Waals surface area contributed by atoms with Crippen molar-refractivity contribution in [3.63, 3.8) is 0 Å². The number of aromatic amines is 1. The smallest absolute Gasteiger partial charge is 0.307 e. The average molecular weight is 279 g/mol. The van der Waals surface area contributed by atoms with E-state index in [-0.39, 0.29) is 11.5 Å². The van der Waals surface area contributed by atoms with Crippen molar-refractivity contribution in [1.82, 2.24) is 14.9 Å². The summed E-state index contributed by atoms with van der Waals surface area (Å²) in [6.45, 7) is 1.73. The Kier molecular flexibility index (Phi) is 3.08. The van der Waals surface area contributed by atoms with Crippen LogP contribution in [-0.4, -0.2) is 39.0 Å². The lowest BCUT2D eigenvalue weighted by molar-refractivity contribution is -0.141. The molecule has 3 heterocycles. The van der Waals surface area contributed by atoms with Crippen LogP contribution in [0.4, 0.5) is 0 Å². The van der Waals surface area contributed by atoms with Crippen LogP contribution >= 0.6 is 11.3 Å². The Labute approximate surface area is 112 Å². The number of rotatable bonds is 3. The second-order valence-corrected chi connectivity index (χ2v) is 5.62. The topological polar surface area (TPSA) is 86.3 Å². The maximum absolute atomic E-state index is 11.8. The number of carboxylic acids is 1. The van der Waals surface area contributed by atoms with Crippen molar-refractivity contribution in [2.75, 3.05) is 13.1 Å². The number of aromatic nitrogens is 2. The van der Waals surface area contributed by atoms with Gasteiger partial charge in [-0.1, -0.05) is 0 Å². The molecule has 0 saturated carbocycles. The Bertz CT molecular complexity index is 678. The third-order valence-corrected chi connectivity index (χ3v) is 4.26. The van der Waals surface area contributed by atoms with E-state index < -0.39 is 5.97 Å². The summed E-state index contributed by atoms with van der Waals surface area (Å²) in [5.41, 5.74) is 0.585. The molecular formula is C12H13N3O3S. The van der Waals surface area contributed by atoms with Gasteiger partial charge in [-0.25, -0.2) is 4.98 Å². The second kappa shape index (κ2) is 4.75. The predicted molar refractivity (Wildman–Crippen MR) is 71.3 cm³/mol. The lowest BCUT2D eigenvalue weighted by Crippen LogP contribution is -2.25. The molecule has 100 valence electrons. The van der Waals surface area contributed by atoms with Crippen LogP contribution < -0.4 is 5.56 Å². The van der Waals surface area contributed by atoms with Crippen molar-refractivity contribution in [1.29, 1.82) is 0 Å². The van der Waals surface area contributed by atoms with Gasteiger partial charge >= 0.3 is 5.97 Å². The molecule has 1 atom stereocenters. The van der Waals surface area contributed by atoms with Gasteiger partial charge in [0.2, 0.25) is 0 Å². The van der Waals surface area contributed by atoms with Crippen molar-refractivity contribution in [2.24, 2.45) is 5.92 Å². The Morgan fingerprint density at radius 2 is 2.47 bits per heavy atom. The largest absolute Gasteiger partial charge is 0.481 e. The van der Waals surface area contributed by atoms with Crippen molar-refractivity contribution in [3.05, 3.63) is 27.6 Å². The number of nitrogens with one attached hydrogen (secondary N) is 1. The third kappa shape index (κ3) is 2.39. The summed E-state index contributed by atoms with van der Waals surface area (Å²) in [5, 5.41) is 10.8. The number of likely N-dealkylation sites (tertiary alicyclic amines) is 1. The van der Waals surface area contributed by atoms with Crippen LogP contribution in [0.1, 0.15) is 12.2 Å². The molecule has 1 saturated heterocycles.